The van der Waals surface area contributed by atoms with E-state index < -0.39 is 35.6 Å². The maximum Gasteiger partial charge on any atom is 0.262 e. The fraction of sp³-hybridized carbons (Fsp3) is 0.386. The average molecular weight is 814 g/mol. The molecule has 1 aromatic heterocycles. The Balaban J connectivity index is 0.767. The highest BCUT2D eigenvalue weighted by atomic mass is 16.5. The van der Waals surface area contributed by atoms with Gasteiger partial charge in [0.2, 0.25) is 17.7 Å². The van der Waals surface area contributed by atoms with Crippen LogP contribution in [0.1, 0.15) is 75.6 Å². The van der Waals surface area contributed by atoms with Crippen molar-refractivity contribution in [3.63, 3.8) is 0 Å². The zero-order valence-corrected chi connectivity index (χ0v) is 33.2. The van der Waals surface area contributed by atoms with Gasteiger partial charge in [-0.1, -0.05) is 18.2 Å². The number of amides is 6. The summed E-state index contributed by atoms with van der Waals surface area (Å²) in [5, 5.41) is 10.6. The third-order valence-corrected chi connectivity index (χ3v) is 12.5. The smallest absolute Gasteiger partial charge is 0.262 e. The van der Waals surface area contributed by atoms with Gasteiger partial charge in [0.25, 0.3) is 17.7 Å². The number of ether oxygens (including phenoxy) is 1. The first-order valence-corrected chi connectivity index (χ1v) is 20.7. The second-order valence-corrected chi connectivity index (χ2v) is 16.1. The van der Waals surface area contributed by atoms with Gasteiger partial charge in [0.05, 0.1) is 17.2 Å². The highest BCUT2D eigenvalue weighted by Gasteiger charge is 2.45. The molecule has 16 heteroatoms. The Labute approximate surface area is 346 Å². The number of anilines is 2. The van der Waals surface area contributed by atoms with Crippen molar-refractivity contribution in [2.24, 2.45) is 11.7 Å². The molecule has 5 aliphatic rings. The van der Waals surface area contributed by atoms with E-state index in [0.717, 1.165) is 54.3 Å². The minimum absolute atomic E-state index is 0.0656. The van der Waals surface area contributed by atoms with Crippen LogP contribution in [0.25, 0.3) is 11.3 Å². The Hall–Kier alpha value is -6.55. The molecule has 0 bridgehead atoms. The van der Waals surface area contributed by atoms with Crippen molar-refractivity contribution in [1.29, 1.82) is 0 Å². The van der Waals surface area contributed by atoms with Crippen molar-refractivity contribution < 1.29 is 33.5 Å². The summed E-state index contributed by atoms with van der Waals surface area (Å²) in [5.74, 6) is -0.144. The molecule has 5 aliphatic heterocycles. The number of likely N-dealkylation sites (tertiary alicyclic amines) is 1. The van der Waals surface area contributed by atoms with E-state index in [1.165, 1.54) is 0 Å². The molecule has 4 N–H and O–H groups in total. The number of benzene rings is 3. The van der Waals surface area contributed by atoms with Gasteiger partial charge in [-0.3, -0.25) is 43.9 Å². The molecular formula is C44H47N9O7. The molecule has 3 aromatic carbocycles. The van der Waals surface area contributed by atoms with E-state index in [-0.39, 0.29) is 41.8 Å². The zero-order chi connectivity index (χ0) is 41.5. The molecule has 1 unspecified atom stereocenters. The van der Waals surface area contributed by atoms with Crippen LogP contribution in [-0.2, 0) is 14.4 Å². The van der Waals surface area contributed by atoms with Crippen LogP contribution in [0.15, 0.2) is 72.8 Å². The Bertz CT molecular complexity index is 2350. The largest absolute Gasteiger partial charge is 0.457 e. The SMILES string of the molecule is NC(=O)c1c(-c2ccc(Oc3ccccc3)cc2)nn2c1NCC[C@H]2C1CCN(C(=O)CCN2CCN(c3ccc4c(c3)C(=O)N(C3CCC(=O)NC3=O)C4=O)CC2)CC1. The van der Waals surface area contributed by atoms with Crippen LogP contribution in [0.4, 0.5) is 11.5 Å². The third-order valence-electron chi connectivity index (χ3n) is 12.5. The predicted octanol–water partition coefficient (Wildman–Crippen LogP) is 3.65. The van der Waals surface area contributed by atoms with Gasteiger partial charge >= 0.3 is 0 Å². The Morgan fingerprint density at radius 2 is 1.52 bits per heavy atom. The number of aromatic nitrogens is 2. The molecule has 310 valence electrons. The van der Waals surface area contributed by atoms with E-state index >= 15 is 0 Å². The first-order valence-electron chi connectivity index (χ1n) is 20.7. The molecular weight excluding hydrogens is 767 g/mol. The minimum atomic E-state index is -1.00. The van der Waals surface area contributed by atoms with Crippen molar-refractivity contribution in [3.8, 4) is 22.8 Å². The number of rotatable bonds is 10. The lowest BCUT2D eigenvalue weighted by atomic mass is 9.86. The fourth-order valence-electron chi connectivity index (χ4n) is 9.31. The summed E-state index contributed by atoms with van der Waals surface area (Å²) in [6.07, 6.45) is 3.13. The highest BCUT2D eigenvalue weighted by molar-refractivity contribution is 6.23. The number of hydrogen-bond acceptors (Lipinski definition) is 11. The number of nitrogens with one attached hydrogen (secondary N) is 2. The lowest BCUT2D eigenvalue weighted by molar-refractivity contribution is -0.136. The van der Waals surface area contributed by atoms with Crippen LogP contribution in [0.2, 0.25) is 0 Å². The summed E-state index contributed by atoms with van der Waals surface area (Å²) in [5.41, 5.74) is 8.98. The van der Waals surface area contributed by atoms with Gasteiger partial charge in [-0.15, -0.1) is 0 Å². The maximum absolute atomic E-state index is 13.5. The van der Waals surface area contributed by atoms with E-state index in [1.54, 1.807) is 12.1 Å². The van der Waals surface area contributed by atoms with E-state index in [2.05, 4.69) is 20.4 Å². The summed E-state index contributed by atoms with van der Waals surface area (Å²) in [7, 11) is 0. The highest BCUT2D eigenvalue weighted by Crippen LogP contribution is 2.40. The molecule has 0 saturated carbocycles. The van der Waals surface area contributed by atoms with Crippen molar-refractivity contribution >= 4 is 46.9 Å². The molecule has 2 atom stereocenters. The van der Waals surface area contributed by atoms with Crippen molar-refractivity contribution in [2.45, 2.75) is 50.6 Å². The van der Waals surface area contributed by atoms with E-state index in [1.807, 2.05) is 70.2 Å². The number of piperidine rings is 2. The van der Waals surface area contributed by atoms with Gasteiger partial charge in [0, 0.05) is 76.5 Å². The molecule has 0 spiro atoms. The topological polar surface area (TPSA) is 193 Å². The van der Waals surface area contributed by atoms with Crippen LogP contribution in [-0.4, -0.2) is 118 Å². The predicted molar refractivity (Wildman–Crippen MR) is 221 cm³/mol. The standard InChI is InChI=1S/C44H47N9O7/c45-40(56)38-39(28-6-9-31(10-7-28)60-30-4-2-1-3-5-30)48-53-34(14-18-46-41(38)53)27-15-20-51(21-16-27)37(55)17-19-49-22-24-50(25-23-49)29-8-11-32-33(26-29)44(59)52(43(32)58)35-12-13-36(54)47-42(35)57/h1-11,26-27,34-35,46H,12-25H2,(H2,45,56)(H,47,54,57)/t34-,35?/m0/s1. The number of para-hydroxylation sites is 1. The second kappa shape index (κ2) is 16.2. The number of primary amides is 1. The van der Waals surface area contributed by atoms with Gasteiger partial charge < -0.3 is 25.6 Å². The van der Waals surface area contributed by atoms with Gasteiger partial charge in [0.1, 0.15) is 34.6 Å². The average Bonchev–Trinajstić information content (AvgIpc) is 3.78. The van der Waals surface area contributed by atoms with E-state index in [0.29, 0.717) is 68.5 Å². The molecule has 4 aromatic rings. The molecule has 6 amide bonds. The van der Waals surface area contributed by atoms with Crippen LogP contribution in [0.3, 0.4) is 0 Å². The van der Waals surface area contributed by atoms with Gasteiger partial charge in [-0.05, 0) is 86.2 Å². The minimum Gasteiger partial charge on any atom is -0.457 e. The number of piperazine rings is 1. The fourth-order valence-corrected chi connectivity index (χ4v) is 9.31. The Morgan fingerprint density at radius 3 is 2.23 bits per heavy atom. The van der Waals surface area contributed by atoms with Crippen LogP contribution < -0.4 is 26.0 Å². The monoisotopic (exact) mass is 813 g/mol. The van der Waals surface area contributed by atoms with Crippen LogP contribution in [0.5, 0.6) is 11.5 Å². The van der Waals surface area contributed by atoms with Crippen LogP contribution >= 0.6 is 0 Å². The first kappa shape index (κ1) is 38.9. The normalized spacial score (nSPS) is 21.0. The van der Waals surface area contributed by atoms with Crippen molar-refractivity contribution in [3.05, 3.63) is 89.5 Å². The number of nitrogens with zero attached hydrogens (tertiary/aromatic N) is 6. The van der Waals surface area contributed by atoms with E-state index in [4.69, 9.17) is 15.6 Å². The first-order chi connectivity index (χ1) is 29.1. The summed E-state index contributed by atoms with van der Waals surface area (Å²) < 4.78 is 7.91. The summed E-state index contributed by atoms with van der Waals surface area (Å²) >= 11 is 0. The number of carbonyl (C=O) groups excluding carboxylic acids is 6. The molecule has 0 radical (unpaired) electrons. The van der Waals surface area contributed by atoms with Gasteiger partial charge in [0.15, 0.2) is 0 Å². The molecule has 3 fully saturated rings. The third kappa shape index (κ3) is 7.46. The zero-order valence-electron chi connectivity index (χ0n) is 33.2. The van der Waals surface area contributed by atoms with Crippen molar-refractivity contribution in [2.75, 3.05) is 62.6 Å². The van der Waals surface area contributed by atoms with Crippen LogP contribution in [0, 0.1) is 5.92 Å². The van der Waals surface area contributed by atoms with E-state index in [9.17, 15) is 28.8 Å². The number of fused-ring (bicyclic) bond motifs is 2. The number of nitrogens with two attached hydrogens (primary N) is 1. The lowest BCUT2D eigenvalue weighted by Crippen LogP contribution is -2.54. The van der Waals surface area contributed by atoms with Gasteiger partial charge in [-0.25, -0.2) is 4.68 Å². The molecule has 6 heterocycles. The number of carbonyl (C=O) groups is 6. The molecule has 9 rings (SSSR count). The summed E-state index contributed by atoms with van der Waals surface area (Å²) in [6.45, 7) is 5.53. The Kier molecular flexibility index (Phi) is 10.5. The summed E-state index contributed by atoms with van der Waals surface area (Å²) in [4.78, 5) is 84.2. The van der Waals surface area contributed by atoms with Crippen molar-refractivity contribution in [1.82, 2.24) is 29.8 Å². The number of hydrogen-bond donors (Lipinski definition) is 3. The number of imide groups is 2. The Morgan fingerprint density at radius 1 is 0.800 bits per heavy atom. The molecule has 16 nitrogen and oxygen atoms in total. The molecule has 3 saturated heterocycles. The maximum atomic E-state index is 13.5. The lowest BCUT2D eigenvalue weighted by Gasteiger charge is -2.39. The molecule has 0 aliphatic carbocycles. The van der Waals surface area contributed by atoms with Gasteiger partial charge in [-0.2, -0.15) is 5.10 Å². The quantitative estimate of drug-likeness (QED) is 0.198. The summed E-state index contributed by atoms with van der Waals surface area (Å²) in [6, 6.07) is 21.3. The second-order valence-electron chi connectivity index (χ2n) is 16.1. The molecule has 60 heavy (non-hydrogen) atoms.